The van der Waals surface area contributed by atoms with Crippen LogP contribution in [-0.4, -0.2) is 24.1 Å². The van der Waals surface area contributed by atoms with Gasteiger partial charge in [0.2, 0.25) is 0 Å². The van der Waals surface area contributed by atoms with Crippen molar-refractivity contribution in [2.45, 2.75) is 0 Å². The second-order valence-electron chi connectivity index (χ2n) is 15.6. The van der Waals surface area contributed by atoms with Crippen molar-refractivity contribution in [1.82, 2.24) is 24.1 Å². The van der Waals surface area contributed by atoms with Crippen LogP contribution in [0, 0.1) is 0 Å². The fraction of sp³-hybridized carbons (Fsp3) is 0. The van der Waals surface area contributed by atoms with Crippen LogP contribution in [0.2, 0.25) is 0 Å². The average Bonchev–Trinajstić information content (AvgIpc) is 4.01. The van der Waals surface area contributed by atoms with Crippen molar-refractivity contribution in [3.8, 4) is 44.5 Å². The Bertz CT molecular complexity index is 3860. The summed E-state index contributed by atoms with van der Waals surface area (Å²) in [6.45, 7) is 0. The molecule has 0 aliphatic carbocycles. The van der Waals surface area contributed by atoms with Gasteiger partial charge in [-0.15, -0.1) is 11.3 Å². The predicted molar refractivity (Wildman–Crippen MR) is 255 cm³/mol. The van der Waals surface area contributed by atoms with Gasteiger partial charge in [0, 0.05) is 55.6 Å². The summed E-state index contributed by atoms with van der Waals surface area (Å²) in [6.07, 6.45) is 3.61. The summed E-state index contributed by atoms with van der Waals surface area (Å²) in [5.74, 6) is 1.54. The minimum Gasteiger partial charge on any atom is -0.309 e. The lowest BCUT2D eigenvalue weighted by molar-refractivity contribution is 1.08. The molecule has 13 aromatic rings. The van der Waals surface area contributed by atoms with Crippen LogP contribution in [-0.2, 0) is 0 Å². The van der Waals surface area contributed by atoms with Gasteiger partial charge in [0.25, 0.3) is 0 Å². The van der Waals surface area contributed by atoms with Crippen LogP contribution in [0.25, 0.3) is 120 Å². The van der Waals surface area contributed by atoms with Crippen LogP contribution in [0.1, 0.15) is 0 Å². The van der Waals surface area contributed by atoms with Crippen molar-refractivity contribution >= 4 is 86.7 Å². The highest BCUT2D eigenvalue weighted by Crippen LogP contribution is 2.45. The second kappa shape index (κ2) is 13.3. The number of fused-ring (bicyclic) bond motifs is 10. The van der Waals surface area contributed by atoms with E-state index in [1.807, 2.05) is 12.1 Å². The van der Waals surface area contributed by atoms with Gasteiger partial charge in [0.05, 0.1) is 32.3 Å². The fourth-order valence-electron chi connectivity index (χ4n) is 9.46. The standard InChI is InChI=1S/C55H33N5S/c1-3-13-35(14-4-1)50-33-46-53(61-50)55(58-54(57-46)36-26-28-56-29-27-36)60-47-24-23-39(31-44(47)45-30-37-15-7-8-16-38(37)32-49(45)60)42-20-11-21-43-51-41-19-10-9-12-34(41)22-25-48(51)59(52(42)43)40-17-5-2-6-18-40/h1-33H. The third kappa shape index (κ3) is 5.22. The molecule has 61 heavy (non-hydrogen) atoms. The third-order valence-electron chi connectivity index (χ3n) is 12.2. The molecule has 284 valence electrons. The maximum atomic E-state index is 5.45. The number of benzene rings is 8. The molecule has 5 nitrogen and oxygen atoms in total. The average molecular weight is 796 g/mol. The van der Waals surface area contributed by atoms with E-state index < -0.39 is 0 Å². The Labute approximate surface area is 354 Å². The van der Waals surface area contributed by atoms with Gasteiger partial charge < -0.3 is 4.57 Å². The molecule has 0 radical (unpaired) electrons. The van der Waals surface area contributed by atoms with Gasteiger partial charge in [-0.1, -0.05) is 127 Å². The number of hydrogen-bond donors (Lipinski definition) is 0. The Morgan fingerprint density at radius 3 is 1.97 bits per heavy atom. The zero-order valence-corrected chi connectivity index (χ0v) is 33.5. The molecule has 0 fully saturated rings. The van der Waals surface area contributed by atoms with Gasteiger partial charge in [-0.3, -0.25) is 9.55 Å². The summed E-state index contributed by atoms with van der Waals surface area (Å²) in [5, 5.41) is 9.72. The van der Waals surface area contributed by atoms with Gasteiger partial charge >= 0.3 is 0 Å². The van der Waals surface area contributed by atoms with E-state index in [1.54, 1.807) is 23.7 Å². The van der Waals surface area contributed by atoms with E-state index in [4.69, 9.17) is 9.97 Å². The lowest BCUT2D eigenvalue weighted by atomic mass is 9.98. The van der Waals surface area contributed by atoms with Crippen molar-refractivity contribution in [3.63, 3.8) is 0 Å². The Hall–Kier alpha value is -7.93. The van der Waals surface area contributed by atoms with Crippen LogP contribution in [0.4, 0.5) is 0 Å². The Kier molecular flexibility index (Phi) is 7.41. The van der Waals surface area contributed by atoms with E-state index in [9.17, 15) is 0 Å². The lowest BCUT2D eigenvalue weighted by Crippen LogP contribution is -2.01. The van der Waals surface area contributed by atoms with Gasteiger partial charge in [-0.2, -0.15) is 0 Å². The topological polar surface area (TPSA) is 48.5 Å². The minimum absolute atomic E-state index is 0.669. The molecule has 0 bridgehead atoms. The first kappa shape index (κ1) is 34.0. The Balaban J connectivity index is 1.12. The fourth-order valence-corrected chi connectivity index (χ4v) is 10.5. The molecule has 0 N–H and O–H groups in total. The Morgan fingerprint density at radius 1 is 0.426 bits per heavy atom. The lowest BCUT2D eigenvalue weighted by Gasteiger charge is -2.13. The number of pyridine rings is 1. The molecule has 0 atom stereocenters. The molecule has 8 aromatic carbocycles. The summed E-state index contributed by atoms with van der Waals surface area (Å²) in [6, 6.07) is 67.9. The maximum Gasteiger partial charge on any atom is 0.162 e. The molecule has 0 aliphatic rings. The highest BCUT2D eigenvalue weighted by molar-refractivity contribution is 7.22. The summed E-state index contributed by atoms with van der Waals surface area (Å²) in [4.78, 5) is 16.1. The third-order valence-corrected chi connectivity index (χ3v) is 13.4. The largest absolute Gasteiger partial charge is 0.309 e. The van der Waals surface area contributed by atoms with Crippen molar-refractivity contribution < 1.29 is 0 Å². The molecule has 5 heterocycles. The van der Waals surface area contributed by atoms with E-state index in [2.05, 4.69) is 190 Å². The molecule has 6 heteroatoms. The number of rotatable bonds is 5. The molecular formula is C55H33N5S. The van der Waals surface area contributed by atoms with Crippen LogP contribution in [0.15, 0.2) is 200 Å². The van der Waals surface area contributed by atoms with E-state index in [0.717, 1.165) is 54.3 Å². The van der Waals surface area contributed by atoms with Crippen LogP contribution < -0.4 is 0 Å². The highest BCUT2D eigenvalue weighted by Gasteiger charge is 2.23. The zero-order valence-electron chi connectivity index (χ0n) is 32.7. The van der Waals surface area contributed by atoms with Crippen LogP contribution in [0.3, 0.4) is 0 Å². The van der Waals surface area contributed by atoms with Crippen molar-refractivity contribution in [2.24, 2.45) is 0 Å². The number of thiophene rings is 1. The molecule has 0 aliphatic heterocycles. The molecule has 0 saturated heterocycles. The maximum absolute atomic E-state index is 5.45. The van der Waals surface area contributed by atoms with Gasteiger partial charge in [-0.05, 0) is 93.3 Å². The predicted octanol–water partition coefficient (Wildman–Crippen LogP) is 14.6. The minimum atomic E-state index is 0.669. The van der Waals surface area contributed by atoms with E-state index >= 15 is 0 Å². The van der Waals surface area contributed by atoms with E-state index in [1.165, 1.54) is 59.7 Å². The van der Waals surface area contributed by atoms with E-state index in [-0.39, 0.29) is 0 Å². The molecule has 0 spiro atoms. The molecule has 13 rings (SSSR count). The smallest absolute Gasteiger partial charge is 0.162 e. The number of hydrogen-bond acceptors (Lipinski definition) is 4. The number of aromatic nitrogens is 5. The Morgan fingerprint density at radius 2 is 1.13 bits per heavy atom. The van der Waals surface area contributed by atoms with Gasteiger partial charge in [0.1, 0.15) is 0 Å². The molecule has 0 saturated carbocycles. The SMILES string of the molecule is c1ccc(-c2cc3nc(-c4ccncc4)nc(-n4c5ccc(-c6cccc7c8c9ccccc9ccc8n(-c8ccccc8)c67)cc5c5cc6ccccc6cc54)c3s2)cc1. The van der Waals surface area contributed by atoms with E-state index in [0.29, 0.717) is 5.82 Å². The second-order valence-corrected chi connectivity index (χ2v) is 16.7. The summed E-state index contributed by atoms with van der Waals surface area (Å²) in [5.41, 5.74) is 11.1. The van der Waals surface area contributed by atoms with Gasteiger partial charge in [-0.25, -0.2) is 9.97 Å². The first-order chi connectivity index (χ1) is 30.2. The van der Waals surface area contributed by atoms with Crippen LogP contribution >= 0.6 is 11.3 Å². The summed E-state index contributed by atoms with van der Waals surface area (Å²) >= 11 is 1.74. The van der Waals surface area contributed by atoms with Crippen LogP contribution in [0.5, 0.6) is 0 Å². The zero-order chi connectivity index (χ0) is 40.0. The first-order valence-corrected chi connectivity index (χ1v) is 21.3. The van der Waals surface area contributed by atoms with Crippen molar-refractivity contribution in [1.29, 1.82) is 0 Å². The molecule has 0 unspecified atom stereocenters. The molecule has 0 amide bonds. The van der Waals surface area contributed by atoms with Crippen molar-refractivity contribution in [2.75, 3.05) is 0 Å². The molecule has 5 aromatic heterocycles. The number of para-hydroxylation sites is 2. The quantitative estimate of drug-likeness (QED) is 0.174. The highest BCUT2D eigenvalue weighted by atomic mass is 32.1. The number of nitrogens with zero attached hydrogens (tertiary/aromatic N) is 5. The normalized spacial score (nSPS) is 11.9. The molecular weight excluding hydrogens is 763 g/mol. The van der Waals surface area contributed by atoms with Crippen molar-refractivity contribution in [3.05, 3.63) is 200 Å². The van der Waals surface area contributed by atoms with Gasteiger partial charge in [0.15, 0.2) is 11.6 Å². The first-order valence-electron chi connectivity index (χ1n) is 20.5. The summed E-state index contributed by atoms with van der Waals surface area (Å²) in [7, 11) is 0. The monoisotopic (exact) mass is 795 g/mol. The summed E-state index contributed by atoms with van der Waals surface area (Å²) < 4.78 is 5.86.